The van der Waals surface area contributed by atoms with Crippen LogP contribution in [-0.2, 0) is 14.3 Å². The zero-order chi connectivity index (χ0) is 18.3. The number of carbonyl (C=O) groups excluding carboxylic acids is 1. The van der Waals surface area contributed by atoms with Crippen molar-refractivity contribution in [2.45, 2.75) is 76.0 Å². The van der Waals surface area contributed by atoms with Gasteiger partial charge in [-0.3, -0.25) is 4.79 Å². The molecule has 1 rings (SSSR count). The van der Waals surface area contributed by atoms with Gasteiger partial charge in [0.25, 0.3) is 0 Å². The minimum atomic E-state index is -1.28. The van der Waals surface area contributed by atoms with Crippen LogP contribution in [0.2, 0.25) is 0 Å². The van der Waals surface area contributed by atoms with E-state index in [1.54, 1.807) is 6.92 Å². The molecular formula is C15H29NO8. The Labute approximate surface area is 141 Å². The minimum Gasteiger partial charge on any atom is -0.394 e. The van der Waals surface area contributed by atoms with Crippen LogP contribution in [0, 0.1) is 0 Å². The van der Waals surface area contributed by atoms with Crippen molar-refractivity contribution < 1.29 is 39.8 Å². The highest BCUT2D eigenvalue weighted by atomic mass is 16.7. The van der Waals surface area contributed by atoms with E-state index in [1.165, 1.54) is 6.92 Å². The van der Waals surface area contributed by atoms with Gasteiger partial charge in [0, 0.05) is 6.42 Å². The van der Waals surface area contributed by atoms with E-state index < -0.39 is 48.8 Å². The van der Waals surface area contributed by atoms with E-state index in [1.807, 2.05) is 0 Å². The third-order valence-electron chi connectivity index (χ3n) is 4.03. The molecule has 0 radical (unpaired) electrons. The van der Waals surface area contributed by atoms with Gasteiger partial charge in [0.2, 0.25) is 5.91 Å². The summed E-state index contributed by atoms with van der Waals surface area (Å²) < 4.78 is 10.9. The monoisotopic (exact) mass is 351 g/mol. The maximum Gasteiger partial charge on any atom is 0.248 e. The van der Waals surface area contributed by atoms with Gasteiger partial charge in [-0.25, -0.2) is 0 Å². The van der Waals surface area contributed by atoms with Crippen LogP contribution < -0.4 is 5.32 Å². The van der Waals surface area contributed by atoms with Crippen molar-refractivity contribution in [1.29, 1.82) is 0 Å². The summed E-state index contributed by atoms with van der Waals surface area (Å²) in [5.74, 6) is -0.695. The number of nitrogens with one attached hydrogen (secondary N) is 1. The molecule has 1 amide bonds. The lowest BCUT2D eigenvalue weighted by Crippen LogP contribution is -2.53. The molecule has 1 heterocycles. The van der Waals surface area contributed by atoms with E-state index >= 15 is 0 Å². The first-order valence-corrected chi connectivity index (χ1v) is 8.20. The Hall–Kier alpha value is -0.810. The van der Waals surface area contributed by atoms with Gasteiger partial charge in [-0.1, -0.05) is 6.92 Å². The van der Waals surface area contributed by atoms with Crippen LogP contribution in [0.4, 0.5) is 0 Å². The molecule has 0 aromatic heterocycles. The Balaban J connectivity index is 2.62. The molecule has 0 spiro atoms. The first-order valence-electron chi connectivity index (χ1n) is 8.20. The van der Waals surface area contributed by atoms with Gasteiger partial charge in [-0.2, -0.15) is 0 Å². The molecule has 1 aliphatic heterocycles. The quantitative estimate of drug-likeness (QED) is 0.276. The highest BCUT2D eigenvalue weighted by molar-refractivity contribution is 5.80. The summed E-state index contributed by atoms with van der Waals surface area (Å²) >= 11 is 0. The Kier molecular flexibility index (Phi) is 9.06. The van der Waals surface area contributed by atoms with Crippen molar-refractivity contribution in [3.63, 3.8) is 0 Å². The summed E-state index contributed by atoms with van der Waals surface area (Å²) in [6, 6.07) is -0.940. The Morgan fingerprint density at radius 2 is 2.00 bits per heavy atom. The van der Waals surface area contributed by atoms with Crippen LogP contribution in [-0.4, -0.2) is 87.5 Å². The second-order valence-corrected chi connectivity index (χ2v) is 6.02. The van der Waals surface area contributed by atoms with Crippen LogP contribution in [0.25, 0.3) is 0 Å². The average Bonchev–Trinajstić information content (AvgIpc) is 2.57. The highest BCUT2D eigenvalue weighted by Crippen LogP contribution is 2.21. The number of aliphatic hydroxyl groups is 5. The van der Waals surface area contributed by atoms with Gasteiger partial charge >= 0.3 is 0 Å². The number of ether oxygens (including phenoxy) is 2. The van der Waals surface area contributed by atoms with Crippen molar-refractivity contribution in [3.05, 3.63) is 0 Å². The van der Waals surface area contributed by atoms with Gasteiger partial charge in [-0.15, -0.1) is 0 Å². The second-order valence-electron chi connectivity index (χ2n) is 6.02. The smallest absolute Gasteiger partial charge is 0.248 e. The molecule has 1 fully saturated rings. The molecule has 0 aromatic rings. The lowest BCUT2D eigenvalue weighted by molar-refractivity contribution is -0.234. The molecule has 0 saturated carbocycles. The largest absolute Gasteiger partial charge is 0.394 e. The topological polar surface area (TPSA) is 149 Å². The summed E-state index contributed by atoms with van der Waals surface area (Å²) in [6.45, 7) is 2.46. The minimum absolute atomic E-state index is 0.157. The number of hydrogen-bond acceptors (Lipinski definition) is 8. The van der Waals surface area contributed by atoms with Crippen molar-refractivity contribution in [2.75, 3.05) is 13.2 Å². The number of hydrogen-bond donors (Lipinski definition) is 6. The maximum atomic E-state index is 11.7. The Morgan fingerprint density at radius 1 is 1.33 bits per heavy atom. The fourth-order valence-electron chi connectivity index (χ4n) is 2.38. The maximum absolute atomic E-state index is 11.7. The molecule has 1 aliphatic rings. The molecule has 0 aliphatic carbocycles. The molecule has 142 valence electrons. The third-order valence-corrected chi connectivity index (χ3v) is 4.03. The summed E-state index contributed by atoms with van der Waals surface area (Å²) in [7, 11) is 0. The van der Waals surface area contributed by atoms with E-state index in [-0.39, 0.29) is 19.6 Å². The van der Waals surface area contributed by atoms with E-state index in [0.717, 1.165) is 0 Å². The van der Waals surface area contributed by atoms with Crippen molar-refractivity contribution in [3.8, 4) is 0 Å². The summed E-state index contributed by atoms with van der Waals surface area (Å²) in [5, 5.41) is 50.4. The Bertz CT molecular complexity index is 380. The lowest BCUT2D eigenvalue weighted by atomic mass is 10.0. The lowest BCUT2D eigenvalue weighted by Gasteiger charge is -2.34. The van der Waals surface area contributed by atoms with Gasteiger partial charge < -0.3 is 40.3 Å². The summed E-state index contributed by atoms with van der Waals surface area (Å²) in [6.07, 6.45) is -4.77. The van der Waals surface area contributed by atoms with Crippen LogP contribution in [0.1, 0.15) is 33.1 Å². The highest BCUT2D eigenvalue weighted by Gasteiger charge is 2.33. The fourth-order valence-corrected chi connectivity index (χ4v) is 2.38. The first-order chi connectivity index (χ1) is 11.3. The van der Waals surface area contributed by atoms with E-state index in [9.17, 15) is 25.2 Å². The predicted octanol–water partition coefficient (Wildman–Crippen LogP) is -2.14. The molecule has 1 saturated heterocycles. The molecule has 5 unspecified atom stereocenters. The summed E-state index contributed by atoms with van der Waals surface area (Å²) in [4.78, 5) is 11.7. The zero-order valence-electron chi connectivity index (χ0n) is 14.0. The average molecular weight is 351 g/mol. The first kappa shape index (κ1) is 21.2. The van der Waals surface area contributed by atoms with Crippen molar-refractivity contribution >= 4 is 5.91 Å². The Morgan fingerprint density at radius 3 is 2.54 bits per heavy atom. The third kappa shape index (κ3) is 6.25. The number of amides is 1. The van der Waals surface area contributed by atoms with Gasteiger partial charge in [0.15, 0.2) is 6.29 Å². The molecule has 0 bridgehead atoms. The van der Waals surface area contributed by atoms with Crippen molar-refractivity contribution in [2.24, 2.45) is 0 Å². The van der Waals surface area contributed by atoms with Gasteiger partial charge in [0.05, 0.1) is 31.5 Å². The molecule has 0 aromatic carbocycles. The summed E-state index contributed by atoms with van der Waals surface area (Å²) in [5.41, 5.74) is 0. The molecule has 9 nitrogen and oxygen atoms in total. The molecular weight excluding hydrogens is 322 g/mol. The molecule has 7 atom stereocenters. The van der Waals surface area contributed by atoms with E-state index in [2.05, 4.69) is 5.32 Å². The SMILES string of the molecule is CCC(O)C(O)C(CO[C@@H]1CC[C@@H](O)C(CO)O1)NC(=O)C(C)O. The van der Waals surface area contributed by atoms with Crippen LogP contribution in [0.5, 0.6) is 0 Å². The van der Waals surface area contributed by atoms with E-state index in [0.29, 0.717) is 12.8 Å². The van der Waals surface area contributed by atoms with Crippen LogP contribution >= 0.6 is 0 Å². The van der Waals surface area contributed by atoms with Crippen LogP contribution in [0.3, 0.4) is 0 Å². The van der Waals surface area contributed by atoms with Crippen LogP contribution in [0.15, 0.2) is 0 Å². The van der Waals surface area contributed by atoms with E-state index in [4.69, 9.17) is 14.6 Å². The number of carbonyl (C=O) groups is 1. The standard InChI is InChI=1S/C15H29NO8/c1-3-10(19)14(21)9(16-15(22)8(2)18)7-23-13-5-4-11(20)12(6-17)24-13/h8-14,17-21H,3-7H2,1-2H3,(H,16,22)/t8?,9?,10?,11-,12?,13+,14?/m1/s1. The van der Waals surface area contributed by atoms with Gasteiger partial charge in [-0.05, 0) is 19.8 Å². The molecule has 6 N–H and O–H groups in total. The fraction of sp³-hybridized carbons (Fsp3) is 0.933. The number of rotatable bonds is 9. The normalized spacial score (nSPS) is 29.5. The molecule has 9 heteroatoms. The second kappa shape index (κ2) is 10.2. The molecule has 24 heavy (non-hydrogen) atoms. The van der Waals surface area contributed by atoms with Crippen molar-refractivity contribution in [1.82, 2.24) is 5.32 Å². The number of aliphatic hydroxyl groups excluding tert-OH is 5. The predicted molar refractivity (Wildman–Crippen MR) is 82.9 cm³/mol. The van der Waals surface area contributed by atoms with Gasteiger partial charge in [0.1, 0.15) is 18.3 Å². The zero-order valence-corrected chi connectivity index (χ0v) is 14.0.